The second-order valence-electron chi connectivity index (χ2n) is 5.70. The smallest absolute Gasteiger partial charge is 0.255 e. The van der Waals surface area contributed by atoms with Crippen LogP contribution in [0.15, 0.2) is 71.3 Å². The van der Waals surface area contributed by atoms with Crippen LogP contribution in [0, 0.1) is 6.92 Å². The number of hydrogen-bond acceptors (Lipinski definition) is 4. The highest BCUT2D eigenvalue weighted by Crippen LogP contribution is 2.24. The monoisotopic (exact) mass is 329 g/mol. The lowest BCUT2D eigenvalue weighted by Gasteiger charge is -2.09. The lowest BCUT2D eigenvalue weighted by Crippen LogP contribution is -2.12. The van der Waals surface area contributed by atoms with Crippen LogP contribution in [-0.2, 0) is 0 Å². The number of amides is 1. The number of rotatable bonds is 3. The molecule has 0 saturated heterocycles. The number of anilines is 1. The molecule has 0 aliphatic heterocycles. The average molecular weight is 329 g/mol. The van der Waals surface area contributed by atoms with Gasteiger partial charge >= 0.3 is 0 Å². The predicted octanol–water partition coefficient (Wildman–Crippen LogP) is 4.45. The minimum absolute atomic E-state index is 0.160. The van der Waals surface area contributed by atoms with E-state index in [1.165, 1.54) is 0 Å². The molecular weight excluding hydrogens is 314 g/mol. The molecular formula is C20H15N3O2. The first-order valence-electron chi connectivity index (χ1n) is 7.90. The van der Waals surface area contributed by atoms with Gasteiger partial charge in [0.15, 0.2) is 0 Å². The zero-order valence-electron chi connectivity index (χ0n) is 13.6. The number of carbonyl (C=O) groups excluding carboxylic acids is 1. The van der Waals surface area contributed by atoms with Crippen LogP contribution in [0.2, 0.25) is 0 Å². The van der Waals surface area contributed by atoms with Gasteiger partial charge < -0.3 is 9.84 Å². The third-order valence-electron chi connectivity index (χ3n) is 3.97. The Balaban J connectivity index is 1.58. The van der Waals surface area contributed by atoms with E-state index in [0.717, 1.165) is 22.0 Å². The maximum Gasteiger partial charge on any atom is 0.255 e. The summed E-state index contributed by atoms with van der Waals surface area (Å²) in [5, 5.41) is 8.95. The van der Waals surface area contributed by atoms with Crippen molar-refractivity contribution in [2.24, 2.45) is 0 Å². The van der Waals surface area contributed by atoms with Gasteiger partial charge in [0, 0.05) is 29.1 Å². The number of fused-ring (bicyclic) bond motifs is 1. The molecule has 1 N–H and O–H groups in total. The largest absolute Gasteiger partial charge is 0.339 e. The topological polar surface area (TPSA) is 68.0 Å². The molecule has 1 amide bonds. The second-order valence-corrected chi connectivity index (χ2v) is 5.70. The lowest BCUT2D eigenvalue weighted by molar-refractivity contribution is 0.102. The fourth-order valence-corrected chi connectivity index (χ4v) is 2.72. The molecule has 0 radical (unpaired) electrons. The summed E-state index contributed by atoms with van der Waals surface area (Å²) in [5.74, 6) is 0.860. The molecule has 25 heavy (non-hydrogen) atoms. The van der Waals surface area contributed by atoms with Crippen LogP contribution in [0.5, 0.6) is 0 Å². The van der Waals surface area contributed by atoms with Gasteiger partial charge in [-0.25, -0.2) is 0 Å². The Morgan fingerprint density at radius 3 is 2.48 bits per heavy atom. The van der Waals surface area contributed by atoms with Crippen LogP contribution >= 0.6 is 0 Å². The third kappa shape index (κ3) is 2.99. The van der Waals surface area contributed by atoms with Crippen molar-refractivity contribution in [1.29, 1.82) is 0 Å². The highest BCUT2D eigenvalue weighted by atomic mass is 16.5. The first-order chi connectivity index (χ1) is 12.2. The normalized spacial score (nSPS) is 10.8. The van der Waals surface area contributed by atoms with Gasteiger partial charge in [0.25, 0.3) is 5.91 Å². The molecule has 0 atom stereocenters. The average Bonchev–Trinajstić information content (AvgIpc) is 3.08. The predicted molar refractivity (Wildman–Crippen MR) is 96.4 cm³/mol. The van der Waals surface area contributed by atoms with Crippen molar-refractivity contribution >= 4 is 22.4 Å². The highest BCUT2D eigenvalue weighted by Gasteiger charge is 2.10. The van der Waals surface area contributed by atoms with E-state index in [4.69, 9.17) is 4.52 Å². The summed E-state index contributed by atoms with van der Waals surface area (Å²) in [6.45, 7) is 1.74. The van der Waals surface area contributed by atoms with Crippen molar-refractivity contribution in [2.45, 2.75) is 6.92 Å². The van der Waals surface area contributed by atoms with Crippen LogP contribution in [0.1, 0.15) is 16.2 Å². The van der Waals surface area contributed by atoms with E-state index in [9.17, 15) is 4.79 Å². The molecule has 0 bridgehead atoms. The fraction of sp³-hybridized carbons (Fsp3) is 0.0500. The van der Waals surface area contributed by atoms with Gasteiger partial charge in [0.05, 0.1) is 0 Å². The number of nitrogens with one attached hydrogen (secondary N) is 1. The zero-order chi connectivity index (χ0) is 17.2. The van der Waals surface area contributed by atoms with Gasteiger partial charge in [-0.3, -0.25) is 4.79 Å². The quantitative estimate of drug-likeness (QED) is 0.603. The molecule has 5 heteroatoms. The number of carbonyl (C=O) groups is 1. The van der Waals surface area contributed by atoms with E-state index in [2.05, 4.69) is 15.5 Å². The number of benzene rings is 3. The minimum Gasteiger partial charge on any atom is -0.339 e. The number of nitrogens with zero attached hydrogens (tertiary/aromatic N) is 2. The number of aryl methyl sites for hydroxylation is 1. The Hall–Kier alpha value is -3.47. The first-order valence-corrected chi connectivity index (χ1v) is 7.90. The maximum absolute atomic E-state index is 12.5. The maximum atomic E-state index is 12.5. The number of hydrogen-bond donors (Lipinski definition) is 1. The van der Waals surface area contributed by atoms with Crippen molar-refractivity contribution < 1.29 is 9.32 Å². The summed E-state index contributed by atoms with van der Waals surface area (Å²) < 4.78 is 4.98. The summed E-state index contributed by atoms with van der Waals surface area (Å²) in [4.78, 5) is 16.7. The molecule has 0 saturated carbocycles. The molecule has 0 fully saturated rings. The zero-order valence-corrected chi connectivity index (χ0v) is 13.6. The molecule has 1 aromatic heterocycles. The van der Waals surface area contributed by atoms with E-state index < -0.39 is 0 Å². The molecule has 0 spiro atoms. The SMILES string of the molecule is Cc1nc(-c2ccc(C(=O)Nc3cccc4ccccc34)cc2)no1. The van der Waals surface area contributed by atoms with Gasteiger partial charge in [-0.05, 0) is 23.6 Å². The minimum atomic E-state index is -0.160. The van der Waals surface area contributed by atoms with Gasteiger partial charge in [-0.2, -0.15) is 4.98 Å². The van der Waals surface area contributed by atoms with E-state index >= 15 is 0 Å². The molecule has 0 aliphatic rings. The molecule has 1 heterocycles. The molecule has 0 aliphatic carbocycles. The fourth-order valence-electron chi connectivity index (χ4n) is 2.72. The van der Waals surface area contributed by atoms with Crippen LogP contribution in [-0.4, -0.2) is 16.0 Å². The Bertz CT molecular complexity index is 1050. The molecule has 0 unspecified atom stereocenters. The molecule has 4 aromatic rings. The van der Waals surface area contributed by atoms with Crippen molar-refractivity contribution in [3.05, 3.63) is 78.2 Å². The van der Waals surface area contributed by atoms with E-state index in [1.54, 1.807) is 19.1 Å². The summed E-state index contributed by atoms with van der Waals surface area (Å²) in [7, 11) is 0. The van der Waals surface area contributed by atoms with Gasteiger partial charge in [-0.15, -0.1) is 0 Å². The second kappa shape index (κ2) is 6.20. The van der Waals surface area contributed by atoms with Crippen molar-refractivity contribution in [3.63, 3.8) is 0 Å². The van der Waals surface area contributed by atoms with Crippen LogP contribution < -0.4 is 5.32 Å². The standard InChI is InChI=1S/C20H15N3O2/c1-13-21-19(23-25-13)15-9-11-16(12-10-15)20(24)22-18-8-4-6-14-5-2-3-7-17(14)18/h2-12H,1H3,(H,22,24). The molecule has 3 aromatic carbocycles. The van der Waals surface area contributed by atoms with Crippen molar-refractivity contribution in [3.8, 4) is 11.4 Å². The van der Waals surface area contributed by atoms with Gasteiger partial charge in [0.1, 0.15) is 0 Å². The first kappa shape index (κ1) is 15.1. The van der Waals surface area contributed by atoms with Gasteiger partial charge in [0.2, 0.25) is 11.7 Å². The Kier molecular flexibility index (Phi) is 3.74. The highest BCUT2D eigenvalue weighted by molar-refractivity contribution is 6.09. The Morgan fingerprint density at radius 1 is 0.960 bits per heavy atom. The van der Waals surface area contributed by atoms with Gasteiger partial charge in [-0.1, -0.05) is 53.7 Å². The molecule has 5 nitrogen and oxygen atoms in total. The summed E-state index contributed by atoms with van der Waals surface area (Å²) in [6.07, 6.45) is 0. The summed E-state index contributed by atoms with van der Waals surface area (Å²) >= 11 is 0. The Morgan fingerprint density at radius 2 is 1.72 bits per heavy atom. The van der Waals surface area contributed by atoms with Crippen molar-refractivity contribution in [2.75, 3.05) is 5.32 Å². The summed E-state index contributed by atoms with van der Waals surface area (Å²) in [6, 6.07) is 20.9. The van der Waals surface area contributed by atoms with Crippen LogP contribution in [0.4, 0.5) is 5.69 Å². The van der Waals surface area contributed by atoms with Crippen LogP contribution in [0.3, 0.4) is 0 Å². The van der Waals surface area contributed by atoms with E-state index in [0.29, 0.717) is 17.3 Å². The van der Waals surface area contributed by atoms with E-state index in [-0.39, 0.29) is 5.91 Å². The molecule has 4 rings (SSSR count). The Labute approximate surface area is 144 Å². The van der Waals surface area contributed by atoms with Crippen molar-refractivity contribution in [1.82, 2.24) is 10.1 Å². The van der Waals surface area contributed by atoms with E-state index in [1.807, 2.05) is 54.6 Å². The lowest BCUT2D eigenvalue weighted by atomic mass is 10.1. The summed E-state index contributed by atoms with van der Waals surface area (Å²) in [5.41, 5.74) is 2.16. The third-order valence-corrected chi connectivity index (χ3v) is 3.97. The molecule has 122 valence electrons. The number of aromatic nitrogens is 2. The van der Waals surface area contributed by atoms with Crippen LogP contribution in [0.25, 0.3) is 22.2 Å².